The van der Waals surface area contributed by atoms with Gasteiger partial charge in [-0.05, 0) is 81.2 Å². The smallest absolute Gasteiger partial charge is 0.236 e. The Morgan fingerprint density at radius 3 is 2.24 bits per heavy atom. The number of carbonyl (C=O) groups excluding carboxylic acids is 1. The highest BCUT2D eigenvalue weighted by Crippen LogP contribution is 2.36. The zero-order valence-electron chi connectivity index (χ0n) is 29.5. The van der Waals surface area contributed by atoms with Gasteiger partial charge >= 0.3 is 0 Å². The number of likely N-dealkylation sites (tertiary alicyclic amines) is 1. The van der Waals surface area contributed by atoms with E-state index in [0.717, 1.165) is 69.2 Å². The fourth-order valence-corrected chi connectivity index (χ4v) is 7.15. The maximum Gasteiger partial charge on any atom is 0.236 e. The van der Waals surface area contributed by atoms with E-state index in [1.54, 1.807) is 39.4 Å². The van der Waals surface area contributed by atoms with E-state index in [-0.39, 0.29) is 5.91 Å². The molecule has 1 aromatic heterocycles. The summed E-state index contributed by atoms with van der Waals surface area (Å²) in [6.45, 7) is 8.56. The molecule has 3 aliphatic rings. The number of halogens is 1. The van der Waals surface area contributed by atoms with Crippen LogP contribution in [0.4, 0.5) is 28.8 Å². The number of piperidine rings is 1. The second-order valence-corrected chi connectivity index (χ2v) is 13.9. The molecule has 0 bridgehead atoms. The Labute approximate surface area is 295 Å². The molecule has 0 aliphatic carbocycles. The molecule has 0 radical (unpaired) electrons. The van der Waals surface area contributed by atoms with Crippen molar-refractivity contribution in [2.75, 3.05) is 110 Å². The number of hydrogen-bond donors (Lipinski definition) is 2. The number of amides is 1. The van der Waals surface area contributed by atoms with Gasteiger partial charge in [-0.25, -0.2) is 4.98 Å². The molecule has 6 rings (SSSR count). The monoisotopic (exact) mass is 691 g/mol. The van der Waals surface area contributed by atoms with Gasteiger partial charge in [-0.15, -0.1) is 0 Å². The maximum absolute atomic E-state index is 12.3. The third-order valence-corrected chi connectivity index (χ3v) is 10.4. The topological polar surface area (TPSA) is 102 Å². The Morgan fingerprint density at radius 1 is 0.898 bits per heavy atom. The van der Waals surface area contributed by atoms with Gasteiger partial charge in [-0.1, -0.05) is 11.6 Å². The van der Waals surface area contributed by atoms with E-state index < -0.39 is 0 Å². The molecule has 13 heteroatoms. The quantitative estimate of drug-likeness (QED) is 0.318. The van der Waals surface area contributed by atoms with E-state index in [4.69, 9.17) is 26.1 Å². The predicted molar refractivity (Wildman–Crippen MR) is 196 cm³/mol. The summed E-state index contributed by atoms with van der Waals surface area (Å²) in [7, 11) is 9.15. The first kappa shape index (κ1) is 35.0. The fraction of sp³-hybridized carbons (Fsp3) is 0.528. The molecular weight excluding hydrogens is 642 g/mol. The van der Waals surface area contributed by atoms with Crippen molar-refractivity contribution in [1.82, 2.24) is 29.6 Å². The van der Waals surface area contributed by atoms with Gasteiger partial charge < -0.3 is 34.8 Å². The molecule has 2 saturated heterocycles. The fourth-order valence-electron chi connectivity index (χ4n) is 7.01. The average Bonchev–Trinajstić information content (AvgIpc) is 3.31. The van der Waals surface area contributed by atoms with Crippen LogP contribution in [0.15, 0.2) is 36.5 Å². The number of benzene rings is 2. The van der Waals surface area contributed by atoms with Gasteiger partial charge in [0, 0.05) is 71.2 Å². The second kappa shape index (κ2) is 15.8. The van der Waals surface area contributed by atoms with Crippen molar-refractivity contribution in [3.05, 3.63) is 52.7 Å². The van der Waals surface area contributed by atoms with Crippen molar-refractivity contribution in [2.24, 2.45) is 0 Å². The summed E-state index contributed by atoms with van der Waals surface area (Å²) in [5.41, 5.74) is 5.11. The second-order valence-electron chi connectivity index (χ2n) is 13.5. The first-order valence-corrected chi connectivity index (χ1v) is 17.6. The van der Waals surface area contributed by atoms with Crippen molar-refractivity contribution in [3.63, 3.8) is 0 Å². The van der Waals surface area contributed by atoms with E-state index in [2.05, 4.69) is 66.5 Å². The number of rotatable bonds is 10. The van der Waals surface area contributed by atoms with Crippen LogP contribution in [-0.2, 0) is 17.6 Å². The maximum atomic E-state index is 12.3. The number of piperazine rings is 1. The van der Waals surface area contributed by atoms with Crippen molar-refractivity contribution < 1.29 is 14.3 Å². The first-order chi connectivity index (χ1) is 23.7. The van der Waals surface area contributed by atoms with Gasteiger partial charge in [0.1, 0.15) is 16.5 Å². The lowest BCUT2D eigenvalue weighted by Crippen LogP contribution is -2.53. The molecule has 1 amide bonds. The van der Waals surface area contributed by atoms with Crippen LogP contribution in [-0.4, -0.2) is 136 Å². The Bertz CT molecular complexity index is 1610. The molecular formula is C36H50ClN9O3. The van der Waals surface area contributed by atoms with Gasteiger partial charge in [0.15, 0.2) is 5.82 Å². The van der Waals surface area contributed by atoms with Crippen LogP contribution < -0.4 is 25.0 Å². The van der Waals surface area contributed by atoms with Crippen molar-refractivity contribution in [2.45, 2.75) is 31.7 Å². The summed E-state index contributed by atoms with van der Waals surface area (Å²) in [5, 5.41) is 7.11. The molecule has 0 saturated carbocycles. The lowest BCUT2D eigenvalue weighted by Gasteiger charge is -2.43. The number of likely N-dealkylation sites (N-methyl/N-ethyl adjacent to an activating group) is 1. The standard InChI is InChI=1S/C36H50ClN9O3/c1-42(2)34(47)24-44-14-8-25-20-31(32(48-4)21-26(25)9-15-44)40-36-38-23-29(37)35(41-36)39-30-7-6-28(22-33(30)49-5)46-18-16-45(17-19-46)27-10-12-43(3)13-11-27/h6-7,20-23,27H,8-19,24H2,1-5H3,(H2,38,39,40,41). The molecule has 2 N–H and O–H groups in total. The van der Waals surface area contributed by atoms with Crippen molar-refractivity contribution >= 4 is 46.3 Å². The molecule has 0 unspecified atom stereocenters. The average molecular weight is 692 g/mol. The minimum absolute atomic E-state index is 0.112. The summed E-state index contributed by atoms with van der Waals surface area (Å²) < 4.78 is 11.6. The zero-order valence-corrected chi connectivity index (χ0v) is 30.2. The number of ether oxygens (including phenoxy) is 2. The summed E-state index contributed by atoms with van der Waals surface area (Å²) >= 11 is 6.60. The van der Waals surface area contributed by atoms with E-state index in [1.165, 1.54) is 37.1 Å². The summed E-state index contributed by atoms with van der Waals surface area (Å²) in [6.07, 6.45) is 5.77. The van der Waals surface area contributed by atoms with Gasteiger partial charge in [-0.3, -0.25) is 14.6 Å². The molecule has 12 nitrogen and oxygen atoms in total. The predicted octanol–water partition coefficient (Wildman–Crippen LogP) is 4.34. The van der Waals surface area contributed by atoms with Crippen LogP contribution in [0.3, 0.4) is 0 Å². The molecule has 0 atom stereocenters. The lowest BCUT2D eigenvalue weighted by molar-refractivity contribution is -0.129. The Morgan fingerprint density at radius 2 is 1.57 bits per heavy atom. The van der Waals surface area contributed by atoms with Gasteiger partial charge in [0.2, 0.25) is 11.9 Å². The number of hydrogen-bond acceptors (Lipinski definition) is 11. The van der Waals surface area contributed by atoms with Crippen LogP contribution in [0.1, 0.15) is 24.0 Å². The Hall–Kier alpha value is -3.84. The van der Waals surface area contributed by atoms with E-state index >= 15 is 0 Å². The van der Waals surface area contributed by atoms with E-state index in [1.807, 2.05) is 6.07 Å². The van der Waals surface area contributed by atoms with Gasteiger partial charge in [-0.2, -0.15) is 4.98 Å². The molecule has 3 aliphatic heterocycles. The third-order valence-electron chi connectivity index (χ3n) is 10.1. The highest BCUT2D eigenvalue weighted by atomic mass is 35.5. The number of carbonyl (C=O) groups is 1. The number of methoxy groups -OCH3 is 2. The highest BCUT2D eigenvalue weighted by molar-refractivity contribution is 6.33. The van der Waals surface area contributed by atoms with Crippen LogP contribution in [0.25, 0.3) is 0 Å². The zero-order chi connectivity index (χ0) is 34.5. The van der Waals surface area contributed by atoms with Crippen LogP contribution in [0.5, 0.6) is 11.5 Å². The summed E-state index contributed by atoms with van der Waals surface area (Å²) in [6, 6.07) is 11.1. The number of fused-ring (bicyclic) bond motifs is 1. The molecule has 2 aromatic carbocycles. The number of nitrogens with one attached hydrogen (secondary N) is 2. The molecule has 2 fully saturated rings. The molecule has 0 spiro atoms. The molecule has 4 heterocycles. The van der Waals surface area contributed by atoms with Crippen molar-refractivity contribution in [1.29, 1.82) is 0 Å². The molecule has 264 valence electrons. The highest BCUT2D eigenvalue weighted by Gasteiger charge is 2.27. The van der Waals surface area contributed by atoms with Crippen LogP contribution in [0, 0.1) is 0 Å². The first-order valence-electron chi connectivity index (χ1n) is 17.2. The van der Waals surface area contributed by atoms with E-state index in [0.29, 0.717) is 40.9 Å². The SMILES string of the molecule is COc1cc2c(cc1Nc1ncc(Cl)c(Nc3ccc(N4CCN(C5CCN(C)CC5)CC4)cc3OC)n1)CCN(CC(=O)N(C)C)CC2. The number of nitrogens with zero attached hydrogens (tertiary/aromatic N) is 7. The lowest BCUT2D eigenvalue weighted by atomic mass is 10.0. The Balaban J connectivity index is 1.12. The van der Waals surface area contributed by atoms with Crippen LogP contribution >= 0.6 is 11.6 Å². The van der Waals surface area contributed by atoms with Crippen molar-refractivity contribution in [3.8, 4) is 11.5 Å². The van der Waals surface area contributed by atoms with Gasteiger partial charge in [0.25, 0.3) is 0 Å². The minimum atomic E-state index is 0.112. The van der Waals surface area contributed by atoms with E-state index in [9.17, 15) is 4.79 Å². The summed E-state index contributed by atoms with van der Waals surface area (Å²) in [5.74, 6) is 2.38. The molecule has 49 heavy (non-hydrogen) atoms. The van der Waals surface area contributed by atoms with Gasteiger partial charge in [0.05, 0.1) is 38.3 Å². The van der Waals surface area contributed by atoms with Crippen LogP contribution in [0.2, 0.25) is 5.02 Å². The number of aromatic nitrogens is 2. The largest absolute Gasteiger partial charge is 0.495 e. The minimum Gasteiger partial charge on any atom is -0.495 e. The third kappa shape index (κ3) is 8.49. The molecule has 3 aromatic rings. The summed E-state index contributed by atoms with van der Waals surface area (Å²) in [4.78, 5) is 32.9. The normalized spacial score (nSPS) is 18.0. The number of anilines is 5. The Kier molecular flexibility index (Phi) is 11.3.